The number of ether oxygens (including phenoxy) is 2. The zero-order valence-corrected chi connectivity index (χ0v) is 22.1. The van der Waals surface area contributed by atoms with Gasteiger partial charge in [-0.15, -0.1) is 0 Å². The van der Waals surface area contributed by atoms with Gasteiger partial charge in [0.15, 0.2) is 11.5 Å². The molecule has 1 atom stereocenters. The van der Waals surface area contributed by atoms with E-state index >= 15 is 0 Å². The van der Waals surface area contributed by atoms with Crippen molar-refractivity contribution in [2.75, 3.05) is 12.4 Å². The zero-order chi connectivity index (χ0) is 26.9. The summed E-state index contributed by atoms with van der Waals surface area (Å²) in [5.41, 5.74) is 3.70. The van der Waals surface area contributed by atoms with E-state index in [4.69, 9.17) is 37.9 Å². The van der Waals surface area contributed by atoms with Gasteiger partial charge in [0.2, 0.25) is 5.91 Å². The molecule has 6 nitrogen and oxygen atoms in total. The van der Waals surface area contributed by atoms with Crippen molar-refractivity contribution in [3.8, 4) is 17.6 Å². The van der Waals surface area contributed by atoms with Gasteiger partial charge in [-0.1, -0.05) is 59.6 Å². The van der Waals surface area contributed by atoms with Crippen molar-refractivity contribution in [3.63, 3.8) is 0 Å². The average Bonchev–Trinajstić information content (AvgIpc) is 2.94. The van der Waals surface area contributed by atoms with Crippen LogP contribution in [0.25, 0.3) is 0 Å². The van der Waals surface area contributed by atoms with Crippen LogP contribution >= 0.6 is 23.2 Å². The second-order valence-electron chi connectivity index (χ2n) is 8.45. The fraction of sp³-hybridized carbons (Fsp3) is 0.133. The largest absolute Gasteiger partial charge is 0.493 e. The van der Waals surface area contributed by atoms with Gasteiger partial charge in [-0.25, -0.2) is 0 Å². The van der Waals surface area contributed by atoms with E-state index in [1.165, 1.54) is 0 Å². The van der Waals surface area contributed by atoms with E-state index < -0.39 is 6.04 Å². The molecule has 0 radical (unpaired) electrons. The van der Waals surface area contributed by atoms with Crippen LogP contribution in [-0.2, 0) is 17.9 Å². The highest BCUT2D eigenvalue weighted by atomic mass is 35.5. The second kappa shape index (κ2) is 12.9. The molecule has 0 fully saturated rings. The first-order valence-corrected chi connectivity index (χ1v) is 12.5. The minimum absolute atomic E-state index is 0.220. The SMILES string of the molecule is COc1cc([C@@H](Nc2ccc(C#N)cc2)C(=O)NCc2ccccc2)ccc1OCc1cc(Cl)cc(Cl)c1. The number of rotatable bonds is 10. The van der Waals surface area contributed by atoms with Crippen LogP contribution in [0.3, 0.4) is 0 Å². The summed E-state index contributed by atoms with van der Waals surface area (Å²) < 4.78 is 11.6. The van der Waals surface area contributed by atoms with Gasteiger partial charge in [-0.05, 0) is 71.3 Å². The van der Waals surface area contributed by atoms with Gasteiger partial charge in [0.1, 0.15) is 12.6 Å². The van der Waals surface area contributed by atoms with Crippen molar-refractivity contribution in [1.82, 2.24) is 5.32 Å². The van der Waals surface area contributed by atoms with Crippen LogP contribution in [0.5, 0.6) is 11.5 Å². The molecule has 0 aliphatic carbocycles. The molecule has 0 unspecified atom stereocenters. The summed E-state index contributed by atoms with van der Waals surface area (Å²) in [5.74, 6) is 0.759. The van der Waals surface area contributed by atoms with E-state index in [2.05, 4.69) is 16.7 Å². The highest BCUT2D eigenvalue weighted by Gasteiger charge is 2.22. The first-order chi connectivity index (χ1) is 18.4. The summed E-state index contributed by atoms with van der Waals surface area (Å²) in [6, 6.07) is 28.5. The van der Waals surface area contributed by atoms with Gasteiger partial charge in [0.25, 0.3) is 0 Å². The molecular formula is C30H25Cl2N3O3. The number of nitriles is 1. The molecule has 0 spiro atoms. The number of benzene rings is 4. The summed E-state index contributed by atoms with van der Waals surface area (Å²) in [5, 5.41) is 16.4. The number of carbonyl (C=O) groups is 1. The highest BCUT2D eigenvalue weighted by molar-refractivity contribution is 6.34. The van der Waals surface area contributed by atoms with Crippen LogP contribution < -0.4 is 20.1 Å². The van der Waals surface area contributed by atoms with E-state index in [0.29, 0.717) is 44.9 Å². The molecule has 192 valence electrons. The number of anilines is 1. The molecule has 2 N–H and O–H groups in total. The molecule has 0 saturated heterocycles. The molecule has 0 saturated carbocycles. The fourth-order valence-electron chi connectivity index (χ4n) is 3.83. The Labute approximate surface area is 231 Å². The molecule has 1 amide bonds. The number of methoxy groups -OCH3 is 1. The number of hydrogen-bond donors (Lipinski definition) is 2. The molecule has 4 aromatic carbocycles. The molecule has 4 aromatic rings. The van der Waals surface area contributed by atoms with Gasteiger partial charge in [-0.3, -0.25) is 4.79 Å². The third kappa shape index (κ3) is 7.19. The lowest BCUT2D eigenvalue weighted by Crippen LogP contribution is -2.33. The Morgan fingerprint density at radius 3 is 2.26 bits per heavy atom. The Morgan fingerprint density at radius 1 is 0.895 bits per heavy atom. The highest BCUT2D eigenvalue weighted by Crippen LogP contribution is 2.33. The van der Waals surface area contributed by atoms with Crippen LogP contribution in [0.15, 0.2) is 91.0 Å². The molecule has 38 heavy (non-hydrogen) atoms. The molecular weight excluding hydrogens is 521 g/mol. The van der Waals surface area contributed by atoms with Crippen LogP contribution in [0, 0.1) is 11.3 Å². The van der Waals surface area contributed by atoms with E-state index in [0.717, 1.165) is 11.1 Å². The molecule has 0 aromatic heterocycles. The van der Waals surface area contributed by atoms with Gasteiger partial charge < -0.3 is 20.1 Å². The number of nitrogens with one attached hydrogen (secondary N) is 2. The molecule has 0 heterocycles. The molecule has 4 rings (SSSR count). The van der Waals surface area contributed by atoms with Crippen molar-refractivity contribution in [2.24, 2.45) is 0 Å². The van der Waals surface area contributed by atoms with E-state index in [1.807, 2.05) is 36.4 Å². The normalized spacial score (nSPS) is 11.2. The van der Waals surface area contributed by atoms with Crippen molar-refractivity contribution < 1.29 is 14.3 Å². The lowest BCUT2D eigenvalue weighted by Gasteiger charge is -2.21. The first-order valence-electron chi connectivity index (χ1n) is 11.8. The van der Waals surface area contributed by atoms with E-state index in [-0.39, 0.29) is 12.5 Å². The zero-order valence-electron chi connectivity index (χ0n) is 20.6. The van der Waals surface area contributed by atoms with Gasteiger partial charge in [0, 0.05) is 22.3 Å². The number of halogens is 2. The first kappa shape index (κ1) is 26.9. The smallest absolute Gasteiger partial charge is 0.247 e. The Kier molecular flexibility index (Phi) is 9.10. The topological polar surface area (TPSA) is 83.4 Å². The molecule has 0 aliphatic rings. The monoisotopic (exact) mass is 545 g/mol. The fourth-order valence-corrected chi connectivity index (χ4v) is 4.40. The van der Waals surface area contributed by atoms with Crippen molar-refractivity contribution in [3.05, 3.63) is 123 Å². The van der Waals surface area contributed by atoms with Gasteiger partial charge >= 0.3 is 0 Å². The molecule has 8 heteroatoms. The summed E-state index contributed by atoms with van der Waals surface area (Å²) in [6.07, 6.45) is 0. The Bertz CT molecular complexity index is 1420. The number of amides is 1. The van der Waals surface area contributed by atoms with Gasteiger partial charge in [-0.2, -0.15) is 5.26 Å². The van der Waals surface area contributed by atoms with E-state index in [9.17, 15) is 4.79 Å². The summed E-state index contributed by atoms with van der Waals surface area (Å²) in [4.78, 5) is 13.4. The van der Waals surface area contributed by atoms with Crippen LogP contribution in [0.1, 0.15) is 28.3 Å². The number of carbonyl (C=O) groups excluding carboxylic acids is 1. The Morgan fingerprint density at radius 2 is 1.61 bits per heavy atom. The van der Waals surface area contributed by atoms with Crippen LogP contribution in [0.4, 0.5) is 5.69 Å². The second-order valence-corrected chi connectivity index (χ2v) is 9.32. The maximum atomic E-state index is 13.4. The number of nitrogens with zero attached hydrogens (tertiary/aromatic N) is 1. The minimum atomic E-state index is -0.735. The maximum Gasteiger partial charge on any atom is 0.247 e. The lowest BCUT2D eigenvalue weighted by atomic mass is 10.0. The maximum absolute atomic E-state index is 13.4. The standard InChI is InChI=1S/C30H25Cl2N3O3/c1-37-28-15-23(9-12-27(28)38-19-22-13-24(31)16-25(32)14-22)29(35-26-10-7-20(17-33)8-11-26)30(36)34-18-21-5-3-2-4-6-21/h2-16,29,35H,18-19H2,1H3,(H,34,36)/t29-/m1/s1. The lowest BCUT2D eigenvalue weighted by molar-refractivity contribution is -0.122. The summed E-state index contributed by atoms with van der Waals surface area (Å²) >= 11 is 12.2. The molecule has 0 bridgehead atoms. The van der Waals surface area contributed by atoms with Crippen molar-refractivity contribution >= 4 is 34.8 Å². The number of hydrogen-bond acceptors (Lipinski definition) is 5. The van der Waals surface area contributed by atoms with E-state index in [1.54, 1.807) is 61.7 Å². The average molecular weight is 546 g/mol. The third-order valence-electron chi connectivity index (χ3n) is 5.73. The van der Waals surface area contributed by atoms with Gasteiger partial charge in [0.05, 0.1) is 18.7 Å². The predicted octanol–water partition coefficient (Wildman–Crippen LogP) is 6.92. The van der Waals surface area contributed by atoms with Crippen molar-refractivity contribution in [1.29, 1.82) is 5.26 Å². The predicted molar refractivity (Wildman–Crippen MR) is 150 cm³/mol. The Balaban J connectivity index is 1.57. The van der Waals surface area contributed by atoms with Crippen molar-refractivity contribution in [2.45, 2.75) is 19.2 Å². The minimum Gasteiger partial charge on any atom is -0.493 e. The quantitative estimate of drug-likeness (QED) is 0.226. The summed E-state index contributed by atoms with van der Waals surface area (Å²) in [6.45, 7) is 0.617. The third-order valence-corrected chi connectivity index (χ3v) is 6.17. The Hall–Kier alpha value is -4.18. The molecule has 0 aliphatic heterocycles. The van der Waals surface area contributed by atoms with Crippen LogP contribution in [0.2, 0.25) is 10.0 Å². The summed E-state index contributed by atoms with van der Waals surface area (Å²) in [7, 11) is 1.54. The van der Waals surface area contributed by atoms with Crippen LogP contribution in [-0.4, -0.2) is 13.0 Å².